The van der Waals surface area contributed by atoms with Crippen LogP contribution in [0.4, 0.5) is 0 Å². The van der Waals surface area contributed by atoms with Crippen LogP contribution in [-0.4, -0.2) is 12.3 Å². The summed E-state index contributed by atoms with van der Waals surface area (Å²) in [6, 6.07) is 15.7. The Labute approximate surface area is 92.1 Å². The van der Waals surface area contributed by atoms with Crippen LogP contribution < -0.4 is 5.30 Å². The summed E-state index contributed by atoms with van der Waals surface area (Å²) in [6.45, 7) is 0. The molecule has 1 aliphatic heterocycles. The first-order valence-corrected chi connectivity index (χ1v) is 7.38. The van der Waals surface area contributed by atoms with Gasteiger partial charge < -0.3 is 0 Å². The Hall–Kier alpha value is -0.870. The molecular formula is C14H15P. The highest BCUT2D eigenvalue weighted by molar-refractivity contribution is 7.65. The fourth-order valence-electron chi connectivity index (χ4n) is 2.35. The van der Waals surface area contributed by atoms with Crippen LogP contribution in [0.25, 0.3) is 10.8 Å². The summed E-state index contributed by atoms with van der Waals surface area (Å²) in [6.07, 6.45) is 5.79. The minimum Gasteiger partial charge on any atom is -0.0753 e. The van der Waals surface area contributed by atoms with Gasteiger partial charge in [-0.15, -0.1) is 0 Å². The molecule has 3 rings (SSSR count). The van der Waals surface area contributed by atoms with Gasteiger partial charge in [0, 0.05) is 0 Å². The van der Waals surface area contributed by atoms with Gasteiger partial charge in [-0.2, -0.15) is 0 Å². The fraction of sp³-hybridized carbons (Fsp3) is 0.286. The Morgan fingerprint density at radius 2 is 1.53 bits per heavy atom. The molecule has 1 saturated heterocycles. The van der Waals surface area contributed by atoms with Gasteiger partial charge in [-0.25, -0.2) is 0 Å². The van der Waals surface area contributed by atoms with Crippen LogP contribution >= 0.6 is 7.92 Å². The highest BCUT2D eigenvalue weighted by atomic mass is 31.1. The maximum Gasteiger partial charge on any atom is -0.0178 e. The first-order valence-electron chi connectivity index (χ1n) is 5.67. The Kier molecular flexibility index (Phi) is 2.46. The van der Waals surface area contributed by atoms with Crippen LogP contribution in [0.2, 0.25) is 0 Å². The number of benzene rings is 2. The molecule has 15 heavy (non-hydrogen) atoms. The van der Waals surface area contributed by atoms with Crippen molar-refractivity contribution in [3.05, 3.63) is 42.5 Å². The van der Waals surface area contributed by atoms with Gasteiger partial charge in [-0.05, 0) is 47.3 Å². The maximum atomic E-state index is 2.41. The average Bonchev–Trinajstić information content (AvgIpc) is 2.82. The molecule has 0 aromatic heterocycles. The fourth-order valence-corrected chi connectivity index (χ4v) is 4.91. The Bertz CT molecular complexity index is 469. The zero-order valence-corrected chi connectivity index (χ0v) is 9.71. The van der Waals surface area contributed by atoms with Gasteiger partial charge in [0.05, 0.1) is 0 Å². The molecule has 1 heterocycles. The molecule has 0 N–H and O–H groups in total. The molecule has 0 atom stereocenters. The molecule has 0 nitrogen and oxygen atoms in total. The molecule has 1 fully saturated rings. The molecule has 76 valence electrons. The van der Waals surface area contributed by atoms with Crippen molar-refractivity contribution in [3.8, 4) is 0 Å². The second-order valence-electron chi connectivity index (χ2n) is 4.23. The Morgan fingerprint density at radius 1 is 0.800 bits per heavy atom. The van der Waals surface area contributed by atoms with E-state index in [-0.39, 0.29) is 7.92 Å². The molecule has 2 aromatic carbocycles. The third-order valence-electron chi connectivity index (χ3n) is 3.20. The second kappa shape index (κ2) is 3.94. The summed E-state index contributed by atoms with van der Waals surface area (Å²) in [4.78, 5) is 0. The lowest BCUT2D eigenvalue weighted by molar-refractivity contribution is 0.949. The predicted octanol–water partition coefficient (Wildman–Crippen LogP) is 3.74. The van der Waals surface area contributed by atoms with Crippen LogP contribution in [0.5, 0.6) is 0 Å². The molecule has 0 aliphatic carbocycles. The van der Waals surface area contributed by atoms with Gasteiger partial charge in [0.25, 0.3) is 0 Å². The number of hydrogen-bond donors (Lipinski definition) is 0. The van der Waals surface area contributed by atoms with Crippen molar-refractivity contribution < 1.29 is 0 Å². The van der Waals surface area contributed by atoms with E-state index in [2.05, 4.69) is 42.5 Å². The van der Waals surface area contributed by atoms with Crippen LogP contribution in [0.1, 0.15) is 12.8 Å². The second-order valence-corrected chi connectivity index (χ2v) is 6.72. The monoisotopic (exact) mass is 214 g/mol. The molecule has 0 unspecified atom stereocenters. The van der Waals surface area contributed by atoms with Crippen molar-refractivity contribution in [1.29, 1.82) is 0 Å². The molecule has 0 saturated carbocycles. The van der Waals surface area contributed by atoms with E-state index in [1.54, 1.807) is 5.30 Å². The molecule has 0 radical (unpaired) electrons. The lowest BCUT2D eigenvalue weighted by Crippen LogP contribution is -2.00. The molecule has 0 spiro atoms. The standard InChI is InChI=1S/C14H15P/c1-2-6-13-11-14(8-7-12(13)5-1)15-9-3-4-10-15/h1-2,5-8,11H,3-4,9-10H2. The van der Waals surface area contributed by atoms with Crippen molar-refractivity contribution in [1.82, 2.24) is 0 Å². The topological polar surface area (TPSA) is 0 Å². The van der Waals surface area contributed by atoms with Gasteiger partial charge in [0.15, 0.2) is 0 Å². The molecule has 2 aromatic rings. The van der Waals surface area contributed by atoms with Crippen molar-refractivity contribution in [3.63, 3.8) is 0 Å². The zero-order chi connectivity index (χ0) is 10.1. The third kappa shape index (κ3) is 1.79. The minimum atomic E-state index is 0.187. The molecule has 0 amide bonds. The highest BCUT2D eigenvalue weighted by Crippen LogP contribution is 2.42. The van der Waals surface area contributed by atoms with E-state index in [1.807, 2.05) is 0 Å². The van der Waals surface area contributed by atoms with E-state index in [4.69, 9.17) is 0 Å². The summed E-state index contributed by atoms with van der Waals surface area (Å²) in [5.74, 6) is 0. The van der Waals surface area contributed by atoms with Crippen molar-refractivity contribution in [2.24, 2.45) is 0 Å². The molecular weight excluding hydrogens is 199 g/mol. The smallest absolute Gasteiger partial charge is 0.0178 e. The quantitative estimate of drug-likeness (QED) is 0.634. The first kappa shape index (κ1) is 9.36. The van der Waals surface area contributed by atoms with Crippen molar-refractivity contribution in [2.45, 2.75) is 12.8 Å². The normalized spacial score (nSPS) is 17.3. The lowest BCUT2D eigenvalue weighted by atomic mass is 10.1. The average molecular weight is 214 g/mol. The van der Waals surface area contributed by atoms with E-state index < -0.39 is 0 Å². The first-order chi connectivity index (χ1) is 7.43. The summed E-state index contributed by atoms with van der Waals surface area (Å²) in [5.41, 5.74) is 0. The summed E-state index contributed by atoms with van der Waals surface area (Å²) >= 11 is 0. The van der Waals surface area contributed by atoms with Crippen LogP contribution in [0.3, 0.4) is 0 Å². The van der Waals surface area contributed by atoms with E-state index in [0.29, 0.717) is 0 Å². The number of rotatable bonds is 1. The van der Waals surface area contributed by atoms with E-state index >= 15 is 0 Å². The van der Waals surface area contributed by atoms with Crippen LogP contribution in [0, 0.1) is 0 Å². The number of fused-ring (bicyclic) bond motifs is 1. The lowest BCUT2D eigenvalue weighted by Gasteiger charge is -2.10. The largest absolute Gasteiger partial charge is 0.0753 e. The molecule has 1 heteroatoms. The van der Waals surface area contributed by atoms with Gasteiger partial charge in [0.2, 0.25) is 0 Å². The van der Waals surface area contributed by atoms with Gasteiger partial charge in [-0.3, -0.25) is 0 Å². The van der Waals surface area contributed by atoms with E-state index in [0.717, 1.165) is 0 Å². The SMILES string of the molecule is c1ccc2cc(P3CCCC3)ccc2c1. The molecule has 0 bridgehead atoms. The molecule has 1 aliphatic rings. The van der Waals surface area contributed by atoms with Crippen molar-refractivity contribution >= 4 is 24.0 Å². The highest BCUT2D eigenvalue weighted by Gasteiger charge is 2.16. The summed E-state index contributed by atoms with van der Waals surface area (Å²) in [7, 11) is 0.187. The zero-order valence-electron chi connectivity index (χ0n) is 8.82. The van der Waals surface area contributed by atoms with Crippen LogP contribution in [-0.2, 0) is 0 Å². The van der Waals surface area contributed by atoms with Gasteiger partial charge >= 0.3 is 0 Å². The summed E-state index contributed by atoms with van der Waals surface area (Å²) in [5, 5.41) is 4.39. The Balaban J connectivity index is 2.05. The van der Waals surface area contributed by atoms with Gasteiger partial charge in [0.1, 0.15) is 0 Å². The van der Waals surface area contributed by atoms with Crippen LogP contribution in [0.15, 0.2) is 42.5 Å². The van der Waals surface area contributed by atoms with E-state index in [9.17, 15) is 0 Å². The number of hydrogen-bond acceptors (Lipinski definition) is 0. The summed E-state index contributed by atoms with van der Waals surface area (Å²) < 4.78 is 0. The third-order valence-corrected chi connectivity index (χ3v) is 5.92. The Morgan fingerprint density at radius 3 is 2.33 bits per heavy atom. The predicted molar refractivity (Wildman–Crippen MR) is 69.5 cm³/mol. The maximum absolute atomic E-state index is 2.41. The van der Waals surface area contributed by atoms with E-state index in [1.165, 1.54) is 35.9 Å². The minimum absolute atomic E-state index is 0.187. The van der Waals surface area contributed by atoms with Crippen molar-refractivity contribution in [2.75, 3.05) is 12.3 Å². The van der Waals surface area contributed by atoms with Gasteiger partial charge in [-0.1, -0.05) is 44.3 Å².